The van der Waals surface area contributed by atoms with Crippen LogP contribution in [-0.4, -0.2) is 72.7 Å². The Bertz CT molecular complexity index is 577. The highest BCUT2D eigenvalue weighted by Crippen LogP contribution is 2.23. The molecular weight excluding hydrogens is 334 g/mol. The van der Waals surface area contributed by atoms with Gasteiger partial charge in [-0.15, -0.1) is 0 Å². The van der Waals surface area contributed by atoms with E-state index in [2.05, 4.69) is 10.2 Å². The van der Waals surface area contributed by atoms with Crippen LogP contribution in [0.1, 0.15) is 32.4 Å². The lowest BCUT2D eigenvalue weighted by atomic mass is 10.0. The summed E-state index contributed by atoms with van der Waals surface area (Å²) in [6.07, 6.45) is -2.03. The molecule has 1 fully saturated rings. The number of hydrogen-bond donors (Lipinski definition) is 3. The van der Waals surface area contributed by atoms with E-state index in [4.69, 9.17) is 4.74 Å². The molecule has 1 aromatic carbocycles. The second-order valence-electron chi connectivity index (χ2n) is 7.62. The minimum absolute atomic E-state index is 0.269. The number of benzene rings is 1. The maximum Gasteiger partial charge on any atom is 0.410 e. The number of piperazine rings is 1. The average Bonchev–Trinajstić information content (AvgIpc) is 2.60. The van der Waals surface area contributed by atoms with Gasteiger partial charge in [0, 0.05) is 38.4 Å². The number of nitrogens with one attached hydrogen (secondary N) is 1. The zero-order chi connectivity index (χ0) is 19.3. The van der Waals surface area contributed by atoms with E-state index in [-0.39, 0.29) is 6.09 Å². The first-order chi connectivity index (χ1) is 12.2. The zero-order valence-electron chi connectivity index (χ0n) is 16.1. The lowest BCUT2D eigenvalue weighted by Crippen LogP contribution is -2.50. The summed E-state index contributed by atoms with van der Waals surface area (Å²) >= 11 is 0. The molecule has 0 aliphatic carbocycles. The number of hydrogen-bond acceptors (Lipinski definition) is 6. The zero-order valence-corrected chi connectivity index (χ0v) is 16.1. The van der Waals surface area contributed by atoms with E-state index in [1.165, 1.54) is 0 Å². The van der Waals surface area contributed by atoms with Crippen molar-refractivity contribution in [3.8, 4) is 0 Å². The van der Waals surface area contributed by atoms with Crippen LogP contribution in [0.15, 0.2) is 24.3 Å². The molecule has 1 heterocycles. The van der Waals surface area contributed by atoms with Crippen molar-refractivity contribution in [2.45, 2.75) is 38.6 Å². The predicted octanol–water partition coefficient (Wildman–Crippen LogP) is 1.36. The molecule has 26 heavy (non-hydrogen) atoms. The van der Waals surface area contributed by atoms with Crippen molar-refractivity contribution in [1.82, 2.24) is 10.2 Å². The number of aliphatic hydroxyl groups excluding tert-OH is 2. The molecule has 1 saturated heterocycles. The van der Waals surface area contributed by atoms with Crippen molar-refractivity contribution in [2.75, 3.05) is 44.7 Å². The first-order valence-electron chi connectivity index (χ1n) is 9.05. The second kappa shape index (κ2) is 8.70. The minimum Gasteiger partial charge on any atom is -0.444 e. The van der Waals surface area contributed by atoms with Gasteiger partial charge in [-0.1, -0.05) is 12.1 Å². The molecule has 0 saturated carbocycles. The third kappa shape index (κ3) is 5.59. The van der Waals surface area contributed by atoms with Crippen LogP contribution in [0.25, 0.3) is 0 Å². The Morgan fingerprint density at radius 2 is 1.73 bits per heavy atom. The summed E-state index contributed by atoms with van der Waals surface area (Å²) in [7, 11) is 1.73. The summed E-state index contributed by atoms with van der Waals surface area (Å²) in [5.41, 5.74) is 1.24. The first-order valence-corrected chi connectivity index (χ1v) is 9.05. The minimum atomic E-state index is -0.916. The van der Waals surface area contributed by atoms with Gasteiger partial charge in [0.15, 0.2) is 0 Å². The quantitative estimate of drug-likeness (QED) is 0.731. The molecule has 146 valence electrons. The Kier molecular flexibility index (Phi) is 6.86. The van der Waals surface area contributed by atoms with Gasteiger partial charge < -0.3 is 30.1 Å². The fourth-order valence-corrected chi connectivity index (χ4v) is 2.90. The van der Waals surface area contributed by atoms with Gasteiger partial charge in [-0.3, -0.25) is 0 Å². The summed E-state index contributed by atoms with van der Waals surface area (Å²) in [5, 5.41) is 22.9. The molecule has 1 aliphatic heterocycles. The Morgan fingerprint density at radius 1 is 1.15 bits per heavy atom. The Hall–Kier alpha value is -1.83. The molecule has 0 bridgehead atoms. The molecule has 2 atom stereocenters. The van der Waals surface area contributed by atoms with Crippen LogP contribution >= 0.6 is 0 Å². The molecule has 0 spiro atoms. The third-order valence-electron chi connectivity index (χ3n) is 4.31. The van der Waals surface area contributed by atoms with E-state index in [1.54, 1.807) is 11.9 Å². The van der Waals surface area contributed by atoms with E-state index in [1.807, 2.05) is 45.0 Å². The van der Waals surface area contributed by atoms with Gasteiger partial charge >= 0.3 is 6.09 Å². The van der Waals surface area contributed by atoms with Crippen molar-refractivity contribution >= 4 is 11.8 Å². The molecule has 2 rings (SSSR count). The number of amides is 1. The van der Waals surface area contributed by atoms with Crippen molar-refractivity contribution < 1.29 is 19.7 Å². The van der Waals surface area contributed by atoms with Gasteiger partial charge in [0.1, 0.15) is 11.7 Å². The maximum atomic E-state index is 12.1. The van der Waals surface area contributed by atoms with Crippen LogP contribution in [0.2, 0.25) is 0 Å². The Balaban J connectivity index is 1.90. The maximum absolute atomic E-state index is 12.1. The van der Waals surface area contributed by atoms with Gasteiger partial charge in [0.05, 0.1) is 6.10 Å². The van der Waals surface area contributed by atoms with E-state index < -0.39 is 17.8 Å². The summed E-state index contributed by atoms with van der Waals surface area (Å²) in [6.45, 7) is 8.60. The second-order valence-corrected chi connectivity index (χ2v) is 7.62. The van der Waals surface area contributed by atoms with Crippen molar-refractivity contribution in [3.63, 3.8) is 0 Å². The lowest BCUT2D eigenvalue weighted by molar-refractivity contribution is 0.0202. The monoisotopic (exact) mass is 365 g/mol. The number of ether oxygens (including phenoxy) is 1. The summed E-state index contributed by atoms with van der Waals surface area (Å²) < 4.78 is 5.41. The van der Waals surface area contributed by atoms with Crippen LogP contribution in [0.4, 0.5) is 10.5 Å². The molecule has 0 radical (unpaired) electrons. The van der Waals surface area contributed by atoms with Crippen LogP contribution in [0.5, 0.6) is 0 Å². The first kappa shape index (κ1) is 20.5. The van der Waals surface area contributed by atoms with Crippen molar-refractivity contribution in [2.24, 2.45) is 0 Å². The van der Waals surface area contributed by atoms with E-state index in [9.17, 15) is 15.0 Å². The standard InChI is InChI=1S/C19H31N3O4/c1-19(2,3)26-18(25)22-11-9-21(10-12-22)15-7-5-14(6-8-15)17(24)16(23)13-20-4/h5-8,16-17,20,23-24H,9-13H2,1-4H3. The summed E-state index contributed by atoms with van der Waals surface area (Å²) in [4.78, 5) is 16.0. The number of carbonyl (C=O) groups excluding carboxylic acids is 1. The fourth-order valence-electron chi connectivity index (χ4n) is 2.90. The molecule has 2 unspecified atom stereocenters. The fraction of sp³-hybridized carbons (Fsp3) is 0.632. The van der Waals surface area contributed by atoms with Gasteiger partial charge in [0.25, 0.3) is 0 Å². The Labute approximate surface area is 155 Å². The van der Waals surface area contributed by atoms with Crippen LogP contribution in [0.3, 0.4) is 0 Å². The molecular formula is C19H31N3O4. The molecule has 7 heteroatoms. The van der Waals surface area contributed by atoms with E-state index in [0.717, 1.165) is 18.8 Å². The molecule has 1 aromatic rings. The van der Waals surface area contributed by atoms with Gasteiger partial charge in [-0.2, -0.15) is 0 Å². The summed E-state index contributed by atoms with van der Waals surface area (Å²) in [5.74, 6) is 0. The van der Waals surface area contributed by atoms with Gasteiger partial charge in [0.2, 0.25) is 0 Å². The third-order valence-corrected chi connectivity index (χ3v) is 4.31. The average molecular weight is 365 g/mol. The number of aliphatic hydroxyl groups is 2. The van der Waals surface area contributed by atoms with Crippen LogP contribution < -0.4 is 10.2 Å². The highest BCUT2D eigenvalue weighted by atomic mass is 16.6. The lowest BCUT2D eigenvalue weighted by Gasteiger charge is -2.36. The number of nitrogens with zero attached hydrogens (tertiary/aromatic N) is 2. The summed E-state index contributed by atoms with van der Waals surface area (Å²) in [6, 6.07) is 7.54. The van der Waals surface area contributed by atoms with Crippen molar-refractivity contribution in [3.05, 3.63) is 29.8 Å². The predicted molar refractivity (Wildman–Crippen MR) is 101 cm³/mol. The molecule has 3 N–H and O–H groups in total. The van der Waals surface area contributed by atoms with Crippen molar-refractivity contribution in [1.29, 1.82) is 0 Å². The topological polar surface area (TPSA) is 85.3 Å². The highest BCUT2D eigenvalue weighted by molar-refractivity contribution is 5.68. The number of anilines is 1. The molecule has 1 amide bonds. The highest BCUT2D eigenvalue weighted by Gasteiger charge is 2.26. The number of rotatable bonds is 5. The van der Waals surface area contributed by atoms with Crippen LogP contribution in [0, 0.1) is 0 Å². The SMILES string of the molecule is CNCC(O)C(O)c1ccc(N2CCN(C(=O)OC(C)(C)C)CC2)cc1. The number of carbonyl (C=O) groups is 1. The largest absolute Gasteiger partial charge is 0.444 e. The smallest absolute Gasteiger partial charge is 0.410 e. The van der Waals surface area contributed by atoms with Crippen LogP contribution in [-0.2, 0) is 4.74 Å². The Morgan fingerprint density at radius 3 is 2.23 bits per heavy atom. The normalized spacial score (nSPS) is 17.8. The van der Waals surface area contributed by atoms with Gasteiger partial charge in [-0.05, 0) is 45.5 Å². The number of likely N-dealkylation sites (N-methyl/N-ethyl adjacent to an activating group) is 1. The van der Waals surface area contributed by atoms with E-state index in [0.29, 0.717) is 25.2 Å². The molecule has 7 nitrogen and oxygen atoms in total. The van der Waals surface area contributed by atoms with E-state index >= 15 is 0 Å². The molecule has 0 aromatic heterocycles. The molecule has 1 aliphatic rings. The van der Waals surface area contributed by atoms with Gasteiger partial charge in [-0.25, -0.2) is 4.79 Å².